The Labute approximate surface area is 123 Å². The SMILES string of the molecule is O=C(O)/C=C/C[C@H]1CC[C@H](c2ccc(Cl)c(F)c2)CC1. The highest BCUT2D eigenvalue weighted by Crippen LogP contribution is 2.37. The van der Waals surface area contributed by atoms with Crippen molar-refractivity contribution in [3.63, 3.8) is 0 Å². The third-order valence-corrected chi connectivity index (χ3v) is 4.30. The number of allylic oxidation sites excluding steroid dienone is 1. The maximum Gasteiger partial charge on any atom is 0.327 e. The van der Waals surface area contributed by atoms with Gasteiger partial charge in [-0.1, -0.05) is 23.7 Å². The molecule has 2 rings (SSSR count). The van der Waals surface area contributed by atoms with Crippen LogP contribution in [-0.4, -0.2) is 11.1 Å². The van der Waals surface area contributed by atoms with Gasteiger partial charge in [-0.15, -0.1) is 0 Å². The second kappa shape index (κ2) is 6.89. The molecule has 1 aromatic rings. The monoisotopic (exact) mass is 296 g/mol. The molecule has 0 saturated heterocycles. The summed E-state index contributed by atoms with van der Waals surface area (Å²) in [5.41, 5.74) is 1.02. The van der Waals surface area contributed by atoms with Crippen LogP contribution in [0.5, 0.6) is 0 Å². The second-order valence-corrected chi connectivity index (χ2v) is 5.77. The molecule has 1 aliphatic carbocycles. The summed E-state index contributed by atoms with van der Waals surface area (Å²) in [6.07, 6.45) is 7.90. The average Bonchev–Trinajstić information content (AvgIpc) is 2.42. The molecular formula is C16H18ClFO2. The van der Waals surface area contributed by atoms with Gasteiger partial charge in [0, 0.05) is 6.08 Å². The third-order valence-electron chi connectivity index (χ3n) is 3.99. The van der Waals surface area contributed by atoms with Crippen LogP contribution in [0.25, 0.3) is 0 Å². The van der Waals surface area contributed by atoms with E-state index in [1.807, 2.05) is 6.07 Å². The van der Waals surface area contributed by atoms with E-state index in [4.69, 9.17) is 16.7 Å². The Morgan fingerprint density at radius 2 is 2.05 bits per heavy atom. The van der Waals surface area contributed by atoms with Gasteiger partial charge in [-0.2, -0.15) is 0 Å². The first-order valence-corrected chi connectivity index (χ1v) is 7.28. The molecule has 0 bridgehead atoms. The van der Waals surface area contributed by atoms with E-state index in [2.05, 4.69) is 0 Å². The molecule has 0 aromatic heterocycles. The fourth-order valence-corrected chi connectivity index (χ4v) is 2.98. The van der Waals surface area contributed by atoms with Crippen LogP contribution in [0.1, 0.15) is 43.6 Å². The molecule has 0 radical (unpaired) electrons. The van der Waals surface area contributed by atoms with Crippen molar-refractivity contribution >= 4 is 17.6 Å². The lowest BCUT2D eigenvalue weighted by Gasteiger charge is -2.28. The molecule has 0 heterocycles. The summed E-state index contributed by atoms with van der Waals surface area (Å²) in [6, 6.07) is 5.06. The molecule has 1 aromatic carbocycles. The molecule has 0 aliphatic heterocycles. The second-order valence-electron chi connectivity index (χ2n) is 5.37. The molecule has 0 unspecified atom stereocenters. The number of halogens is 2. The lowest BCUT2D eigenvalue weighted by atomic mass is 9.77. The van der Waals surface area contributed by atoms with Crippen molar-refractivity contribution in [3.8, 4) is 0 Å². The lowest BCUT2D eigenvalue weighted by molar-refractivity contribution is -0.131. The van der Waals surface area contributed by atoms with Gasteiger partial charge in [-0.25, -0.2) is 9.18 Å². The van der Waals surface area contributed by atoms with E-state index >= 15 is 0 Å². The van der Waals surface area contributed by atoms with Crippen molar-refractivity contribution < 1.29 is 14.3 Å². The molecule has 0 amide bonds. The zero-order valence-corrected chi connectivity index (χ0v) is 11.9. The first-order valence-electron chi connectivity index (χ1n) is 6.90. The van der Waals surface area contributed by atoms with Crippen LogP contribution in [0.2, 0.25) is 5.02 Å². The zero-order chi connectivity index (χ0) is 14.5. The number of carbonyl (C=O) groups is 1. The standard InChI is InChI=1S/C16H18ClFO2/c17-14-9-8-13(10-15(14)18)12-6-4-11(5-7-12)2-1-3-16(19)20/h1,3,8-12H,2,4-7H2,(H,19,20)/b3-1+/t11-,12-. The topological polar surface area (TPSA) is 37.3 Å². The molecule has 1 N–H and O–H groups in total. The van der Waals surface area contributed by atoms with Crippen LogP contribution >= 0.6 is 11.6 Å². The molecule has 0 spiro atoms. The van der Waals surface area contributed by atoms with Crippen LogP contribution in [0, 0.1) is 11.7 Å². The molecule has 1 aliphatic rings. The normalized spacial score (nSPS) is 23.1. The van der Waals surface area contributed by atoms with Gasteiger partial charge in [-0.05, 0) is 61.6 Å². The maximum absolute atomic E-state index is 13.5. The number of carboxylic acid groups (broad SMARTS) is 1. The minimum atomic E-state index is -0.893. The summed E-state index contributed by atoms with van der Waals surface area (Å²) in [5.74, 6) is -0.313. The number of carboxylic acids is 1. The highest BCUT2D eigenvalue weighted by Gasteiger charge is 2.22. The Morgan fingerprint density at radius 1 is 1.35 bits per heavy atom. The van der Waals surface area contributed by atoms with E-state index in [9.17, 15) is 9.18 Å². The number of hydrogen-bond donors (Lipinski definition) is 1. The summed E-state index contributed by atoms with van der Waals surface area (Å²) in [7, 11) is 0. The van der Waals surface area contributed by atoms with Gasteiger partial charge >= 0.3 is 5.97 Å². The minimum Gasteiger partial charge on any atom is -0.478 e. The van der Waals surface area contributed by atoms with Crippen molar-refractivity contribution in [2.45, 2.75) is 38.0 Å². The minimum absolute atomic E-state index is 0.168. The number of benzene rings is 1. The average molecular weight is 297 g/mol. The predicted molar refractivity (Wildman–Crippen MR) is 77.5 cm³/mol. The molecule has 4 heteroatoms. The Balaban J connectivity index is 1.87. The number of hydrogen-bond acceptors (Lipinski definition) is 1. The van der Waals surface area contributed by atoms with E-state index in [0.717, 1.165) is 37.7 Å². The van der Waals surface area contributed by atoms with E-state index in [-0.39, 0.29) is 10.8 Å². The summed E-state index contributed by atoms with van der Waals surface area (Å²) >= 11 is 5.69. The van der Waals surface area contributed by atoms with Crippen LogP contribution in [0.4, 0.5) is 4.39 Å². The third kappa shape index (κ3) is 4.07. The highest BCUT2D eigenvalue weighted by atomic mass is 35.5. The largest absolute Gasteiger partial charge is 0.478 e. The van der Waals surface area contributed by atoms with Crippen LogP contribution in [0.3, 0.4) is 0 Å². The van der Waals surface area contributed by atoms with Crippen molar-refractivity contribution in [2.75, 3.05) is 0 Å². The Kier molecular flexibility index (Phi) is 5.18. The Bertz CT molecular complexity index is 505. The molecule has 108 valence electrons. The van der Waals surface area contributed by atoms with Crippen molar-refractivity contribution in [1.29, 1.82) is 0 Å². The highest BCUT2D eigenvalue weighted by molar-refractivity contribution is 6.30. The van der Waals surface area contributed by atoms with E-state index in [1.165, 1.54) is 12.1 Å². The van der Waals surface area contributed by atoms with Gasteiger partial charge < -0.3 is 5.11 Å². The van der Waals surface area contributed by atoms with Crippen LogP contribution in [0.15, 0.2) is 30.4 Å². The molecule has 1 saturated carbocycles. The summed E-state index contributed by atoms with van der Waals surface area (Å²) in [4.78, 5) is 10.4. The Morgan fingerprint density at radius 3 is 2.65 bits per heavy atom. The van der Waals surface area contributed by atoms with E-state index < -0.39 is 5.97 Å². The molecule has 20 heavy (non-hydrogen) atoms. The number of aliphatic carboxylic acids is 1. The fourth-order valence-electron chi connectivity index (χ4n) is 2.86. The van der Waals surface area contributed by atoms with Crippen LogP contribution in [-0.2, 0) is 4.79 Å². The predicted octanol–water partition coefficient (Wildman–Crippen LogP) is 4.78. The first-order chi connectivity index (χ1) is 9.56. The Hall–Kier alpha value is -1.35. The van der Waals surface area contributed by atoms with Crippen molar-refractivity contribution in [3.05, 3.63) is 46.8 Å². The molecular weight excluding hydrogens is 279 g/mol. The number of rotatable bonds is 4. The van der Waals surface area contributed by atoms with Crippen LogP contribution < -0.4 is 0 Å². The van der Waals surface area contributed by atoms with Gasteiger partial charge in [0.05, 0.1) is 5.02 Å². The molecule has 2 nitrogen and oxygen atoms in total. The first kappa shape index (κ1) is 15.0. The summed E-state index contributed by atoms with van der Waals surface area (Å²) in [6.45, 7) is 0. The fraction of sp³-hybridized carbons (Fsp3) is 0.438. The lowest BCUT2D eigenvalue weighted by Crippen LogP contribution is -2.13. The molecule has 1 fully saturated rings. The van der Waals surface area contributed by atoms with Gasteiger partial charge in [0.1, 0.15) is 5.82 Å². The van der Waals surface area contributed by atoms with Gasteiger partial charge in [0.15, 0.2) is 0 Å². The summed E-state index contributed by atoms with van der Waals surface area (Å²) in [5, 5.41) is 8.72. The van der Waals surface area contributed by atoms with E-state index in [1.54, 1.807) is 12.1 Å². The van der Waals surface area contributed by atoms with Crippen molar-refractivity contribution in [1.82, 2.24) is 0 Å². The van der Waals surface area contributed by atoms with Gasteiger partial charge in [0.25, 0.3) is 0 Å². The van der Waals surface area contributed by atoms with Gasteiger partial charge in [-0.3, -0.25) is 0 Å². The smallest absolute Gasteiger partial charge is 0.327 e. The quantitative estimate of drug-likeness (QED) is 0.812. The maximum atomic E-state index is 13.5. The van der Waals surface area contributed by atoms with E-state index in [0.29, 0.717) is 11.8 Å². The van der Waals surface area contributed by atoms with Crippen molar-refractivity contribution in [2.24, 2.45) is 5.92 Å². The zero-order valence-electron chi connectivity index (χ0n) is 11.2. The van der Waals surface area contributed by atoms with Gasteiger partial charge in [0.2, 0.25) is 0 Å². The summed E-state index contributed by atoms with van der Waals surface area (Å²) < 4.78 is 13.5. The molecule has 0 atom stereocenters.